The first kappa shape index (κ1) is 20.2. The molecule has 9 heteroatoms. The molecular weight excluding hydrogens is 408 g/mol. The standard InChI is InChI=1S/C20H24N4O3S2/c21-12-15-13-22-19(28-15)11-18(25)20(23-24-9-1-2-10-24)14-3-5-16(6-4-14)29(26,27)17-7-8-17/h3-6,13,17H,1-2,7-12,21H2/b23-20+. The Bertz CT molecular complexity index is 1020. The van der Waals surface area contributed by atoms with Crippen LogP contribution >= 0.6 is 11.3 Å². The summed E-state index contributed by atoms with van der Waals surface area (Å²) < 4.78 is 24.9. The maximum absolute atomic E-state index is 13.1. The fourth-order valence-electron chi connectivity index (χ4n) is 3.33. The van der Waals surface area contributed by atoms with Crippen molar-refractivity contribution in [3.05, 3.63) is 45.9 Å². The highest BCUT2D eigenvalue weighted by molar-refractivity contribution is 7.92. The van der Waals surface area contributed by atoms with Crippen LogP contribution in [0.3, 0.4) is 0 Å². The Kier molecular flexibility index (Phi) is 5.80. The minimum absolute atomic E-state index is 0.132. The average Bonchev–Trinajstić information content (AvgIpc) is 3.29. The van der Waals surface area contributed by atoms with E-state index < -0.39 is 9.84 Å². The number of thiazole rings is 1. The lowest BCUT2D eigenvalue weighted by Crippen LogP contribution is -2.23. The van der Waals surface area contributed by atoms with E-state index in [2.05, 4.69) is 10.1 Å². The summed E-state index contributed by atoms with van der Waals surface area (Å²) in [5.41, 5.74) is 6.62. The first-order valence-electron chi connectivity index (χ1n) is 9.82. The van der Waals surface area contributed by atoms with Crippen LogP contribution in [-0.2, 0) is 27.6 Å². The molecule has 1 saturated heterocycles. The molecule has 0 atom stereocenters. The molecule has 1 aliphatic carbocycles. The number of carbonyl (C=O) groups excluding carboxylic acids is 1. The lowest BCUT2D eigenvalue weighted by atomic mass is 10.0. The summed E-state index contributed by atoms with van der Waals surface area (Å²) in [6, 6.07) is 6.56. The molecule has 2 aliphatic rings. The Morgan fingerprint density at radius 3 is 2.48 bits per heavy atom. The summed E-state index contributed by atoms with van der Waals surface area (Å²) in [6.07, 6.45) is 5.40. The number of nitrogens with zero attached hydrogens (tertiary/aromatic N) is 3. The third-order valence-electron chi connectivity index (χ3n) is 5.12. The molecule has 2 N–H and O–H groups in total. The number of hydrogen-bond donors (Lipinski definition) is 1. The van der Waals surface area contributed by atoms with Crippen LogP contribution in [0.25, 0.3) is 0 Å². The van der Waals surface area contributed by atoms with Gasteiger partial charge in [-0.15, -0.1) is 11.3 Å². The molecule has 1 aromatic heterocycles. The van der Waals surface area contributed by atoms with Crippen LogP contribution in [0.15, 0.2) is 40.5 Å². The molecular formula is C20H24N4O3S2. The number of hydrogen-bond acceptors (Lipinski definition) is 8. The van der Waals surface area contributed by atoms with E-state index in [0.717, 1.165) is 43.6 Å². The zero-order valence-corrected chi connectivity index (χ0v) is 17.7. The van der Waals surface area contributed by atoms with Crippen LogP contribution < -0.4 is 5.73 Å². The number of nitrogens with two attached hydrogens (primary N) is 1. The lowest BCUT2D eigenvalue weighted by molar-refractivity contribution is -0.112. The van der Waals surface area contributed by atoms with Gasteiger partial charge in [0.25, 0.3) is 0 Å². The number of rotatable bonds is 8. The minimum Gasteiger partial charge on any atom is -0.326 e. The van der Waals surface area contributed by atoms with Gasteiger partial charge < -0.3 is 5.73 Å². The van der Waals surface area contributed by atoms with E-state index in [4.69, 9.17) is 5.73 Å². The molecule has 7 nitrogen and oxygen atoms in total. The summed E-state index contributed by atoms with van der Waals surface area (Å²) >= 11 is 1.43. The van der Waals surface area contributed by atoms with Gasteiger partial charge in [0.1, 0.15) is 10.7 Å². The SMILES string of the molecule is NCc1cnc(CC(=O)/C(=N/N2CCCC2)c2ccc(S(=O)(=O)C3CC3)cc2)s1. The number of ketones is 1. The van der Waals surface area contributed by atoms with Crippen LogP contribution in [0.5, 0.6) is 0 Å². The molecule has 29 heavy (non-hydrogen) atoms. The Morgan fingerprint density at radius 1 is 1.21 bits per heavy atom. The summed E-state index contributed by atoms with van der Waals surface area (Å²) in [5.74, 6) is -0.132. The summed E-state index contributed by atoms with van der Waals surface area (Å²) in [5, 5.41) is 6.97. The van der Waals surface area contributed by atoms with Crippen molar-refractivity contribution in [2.45, 2.75) is 48.8 Å². The predicted octanol–water partition coefficient (Wildman–Crippen LogP) is 2.15. The fraction of sp³-hybridized carbons (Fsp3) is 0.450. The second-order valence-electron chi connectivity index (χ2n) is 7.40. The van der Waals surface area contributed by atoms with Crippen molar-refractivity contribution in [2.75, 3.05) is 13.1 Å². The van der Waals surface area contributed by atoms with Gasteiger partial charge in [-0.1, -0.05) is 12.1 Å². The van der Waals surface area contributed by atoms with Crippen LogP contribution in [-0.4, -0.2) is 48.2 Å². The van der Waals surface area contributed by atoms with Crippen LogP contribution in [0.1, 0.15) is 41.1 Å². The predicted molar refractivity (Wildman–Crippen MR) is 113 cm³/mol. The van der Waals surface area contributed by atoms with Crippen molar-refractivity contribution in [2.24, 2.45) is 10.8 Å². The normalized spacial score (nSPS) is 17.7. The molecule has 1 aliphatic heterocycles. The van der Waals surface area contributed by atoms with Crippen LogP contribution in [0, 0.1) is 0 Å². The minimum atomic E-state index is -3.25. The fourth-order valence-corrected chi connectivity index (χ4v) is 5.79. The molecule has 2 aromatic rings. The third-order valence-corrected chi connectivity index (χ3v) is 8.42. The number of benzene rings is 1. The Hall–Kier alpha value is -2.10. The molecule has 0 bridgehead atoms. The quantitative estimate of drug-likeness (QED) is 0.641. The number of Topliss-reactive ketones (excluding diaryl/α,β-unsaturated/α-hetero) is 1. The smallest absolute Gasteiger partial charge is 0.190 e. The highest BCUT2D eigenvalue weighted by atomic mass is 32.2. The Labute approximate surface area is 174 Å². The third kappa shape index (κ3) is 4.57. The topological polar surface area (TPSA) is 106 Å². The summed E-state index contributed by atoms with van der Waals surface area (Å²) in [4.78, 5) is 18.6. The maximum Gasteiger partial charge on any atom is 0.190 e. The molecule has 1 saturated carbocycles. The molecule has 0 spiro atoms. The van der Waals surface area contributed by atoms with Gasteiger partial charge in [-0.25, -0.2) is 13.4 Å². The van der Waals surface area contributed by atoms with Gasteiger partial charge in [0, 0.05) is 36.3 Å². The molecule has 2 heterocycles. The monoisotopic (exact) mass is 432 g/mol. The lowest BCUT2D eigenvalue weighted by Gasteiger charge is -2.14. The number of aromatic nitrogens is 1. The highest BCUT2D eigenvalue weighted by Gasteiger charge is 2.36. The van der Waals surface area contributed by atoms with E-state index in [0.29, 0.717) is 27.7 Å². The molecule has 154 valence electrons. The van der Waals surface area contributed by atoms with Gasteiger partial charge in [0.05, 0.1) is 16.6 Å². The van der Waals surface area contributed by atoms with Crippen LogP contribution in [0.4, 0.5) is 0 Å². The van der Waals surface area contributed by atoms with Gasteiger partial charge in [-0.05, 0) is 37.8 Å². The van der Waals surface area contributed by atoms with Crippen molar-refractivity contribution in [3.63, 3.8) is 0 Å². The van der Waals surface area contributed by atoms with Gasteiger partial charge in [0.2, 0.25) is 0 Å². The van der Waals surface area contributed by atoms with Crippen molar-refractivity contribution < 1.29 is 13.2 Å². The first-order chi connectivity index (χ1) is 14.0. The molecule has 0 amide bonds. The van der Waals surface area contributed by atoms with E-state index >= 15 is 0 Å². The van der Waals surface area contributed by atoms with E-state index in [-0.39, 0.29) is 17.5 Å². The Morgan fingerprint density at radius 2 is 1.90 bits per heavy atom. The zero-order chi connectivity index (χ0) is 20.4. The number of sulfone groups is 1. The van der Waals surface area contributed by atoms with Crippen molar-refractivity contribution >= 4 is 32.7 Å². The van der Waals surface area contributed by atoms with E-state index in [9.17, 15) is 13.2 Å². The maximum atomic E-state index is 13.1. The highest BCUT2D eigenvalue weighted by Crippen LogP contribution is 2.33. The second-order valence-corrected chi connectivity index (χ2v) is 10.8. The molecule has 1 aromatic carbocycles. The second kappa shape index (κ2) is 8.33. The van der Waals surface area contributed by atoms with E-state index in [1.54, 1.807) is 30.5 Å². The number of carbonyl (C=O) groups is 1. The van der Waals surface area contributed by atoms with Crippen LogP contribution in [0.2, 0.25) is 0 Å². The van der Waals surface area contributed by atoms with Crippen molar-refractivity contribution in [1.29, 1.82) is 0 Å². The first-order valence-corrected chi connectivity index (χ1v) is 12.2. The number of hydrazone groups is 1. The van der Waals surface area contributed by atoms with E-state index in [1.165, 1.54) is 11.3 Å². The summed E-state index contributed by atoms with van der Waals surface area (Å²) in [6.45, 7) is 2.04. The van der Waals surface area contributed by atoms with Gasteiger partial charge in [-0.2, -0.15) is 5.10 Å². The largest absolute Gasteiger partial charge is 0.326 e. The van der Waals surface area contributed by atoms with Gasteiger partial charge in [-0.3, -0.25) is 9.80 Å². The van der Waals surface area contributed by atoms with Gasteiger partial charge in [0.15, 0.2) is 15.6 Å². The average molecular weight is 433 g/mol. The van der Waals surface area contributed by atoms with Gasteiger partial charge >= 0.3 is 0 Å². The molecule has 0 radical (unpaired) electrons. The molecule has 0 unspecified atom stereocenters. The molecule has 4 rings (SSSR count). The van der Waals surface area contributed by atoms with Crippen molar-refractivity contribution in [3.8, 4) is 0 Å². The van der Waals surface area contributed by atoms with E-state index in [1.807, 2.05) is 5.01 Å². The Balaban J connectivity index is 1.60. The van der Waals surface area contributed by atoms with Crippen molar-refractivity contribution in [1.82, 2.24) is 9.99 Å². The molecule has 2 fully saturated rings. The zero-order valence-electron chi connectivity index (χ0n) is 16.1. The summed E-state index contributed by atoms with van der Waals surface area (Å²) in [7, 11) is -3.25.